The number of aliphatic hydroxyl groups excluding tert-OH is 1. The average molecular weight is 342 g/mol. The Kier molecular flexibility index (Phi) is 6.05. The summed E-state index contributed by atoms with van der Waals surface area (Å²) in [4.78, 5) is 9.93. The Labute approximate surface area is 125 Å². The van der Waals surface area contributed by atoms with Crippen LogP contribution in [0.3, 0.4) is 0 Å². The van der Waals surface area contributed by atoms with Crippen molar-refractivity contribution in [2.24, 2.45) is 0 Å². The molecular weight excluding hydrogens is 329 g/mol. The van der Waals surface area contributed by atoms with Gasteiger partial charge in [-0.2, -0.15) is 0 Å². The van der Waals surface area contributed by atoms with Gasteiger partial charge in [0.25, 0.3) is 0 Å². The van der Waals surface area contributed by atoms with E-state index in [9.17, 15) is 22.7 Å². The highest BCUT2D eigenvalue weighted by Gasteiger charge is 2.25. The van der Waals surface area contributed by atoms with Crippen LogP contribution in [0, 0.1) is 5.82 Å². The topological polar surface area (TPSA) is 113 Å². The number of aliphatic hydroxyl groups is 1. The summed E-state index contributed by atoms with van der Waals surface area (Å²) in [5, 5.41) is 17.9. The van der Waals surface area contributed by atoms with E-state index in [1.807, 2.05) is 4.72 Å². The molecule has 0 bridgehead atoms. The maximum Gasteiger partial charge on any atom is 0.338 e. The summed E-state index contributed by atoms with van der Waals surface area (Å²) in [5.41, 5.74) is -0.861. The molecule has 10 heteroatoms. The molecule has 0 saturated heterocycles. The number of carbonyl (C=O) groups is 1. The number of methoxy groups -OCH3 is 1. The molecule has 0 aliphatic carbocycles. The fourth-order valence-electron chi connectivity index (χ4n) is 1.45. The van der Waals surface area contributed by atoms with E-state index in [0.29, 0.717) is 0 Å². The molecule has 1 unspecified atom stereocenters. The minimum Gasteiger partial charge on any atom is -0.478 e. The van der Waals surface area contributed by atoms with E-state index >= 15 is 0 Å². The zero-order valence-electron chi connectivity index (χ0n) is 10.8. The molecule has 0 saturated carbocycles. The monoisotopic (exact) mass is 341 g/mol. The molecule has 3 N–H and O–H groups in total. The molecular formula is C11H13ClFNO6S. The average Bonchev–Trinajstić information content (AvgIpc) is 2.39. The van der Waals surface area contributed by atoms with Gasteiger partial charge in [0.1, 0.15) is 4.90 Å². The fourth-order valence-corrected chi connectivity index (χ4v) is 2.93. The number of hydrogen-bond acceptors (Lipinski definition) is 5. The first-order valence-electron chi connectivity index (χ1n) is 5.58. The third kappa shape index (κ3) is 4.61. The zero-order chi connectivity index (χ0) is 16.2. The Morgan fingerprint density at radius 2 is 2.14 bits per heavy atom. The van der Waals surface area contributed by atoms with Crippen molar-refractivity contribution >= 4 is 27.6 Å². The minimum atomic E-state index is -4.37. The van der Waals surface area contributed by atoms with Crippen molar-refractivity contribution in [3.05, 3.63) is 28.5 Å². The SMILES string of the molecule is COCC(O)CNS(=O)(=O)c1cc(Cl)cc(C(=O)O)c1F. The second-order valence-electron chi connectivity index (χ2n) is 4.03. The van der Waals surface area contributed by atoms with Gasteiger partial charge in [-0.1, -0.05) is 11.6 Å². The smallest absolute Gasteiger partial charge is 0.338 e. The highest BCUT2D eigenvalue weighted by Crippen LogP contribution is 2.23. The summed E-state index contributed by atoms with van der Waals surface area (Å²) in [5.74, 6) is -3.08. The summed E-state index contributed by atoms with van der Waals surface area (Å²) < 4.78 is 44.3. The summed E-state index contributed by atoms with van der Waals surface area (Å²) in [6.45, 7) is -0.550. The lowest BCUT2D eigenvalue weighted by molar-refractivity contribution is 0.0678. The molecule has 0 aromatic heterocycles. The minimum absolute atomic E-state index is 0.124. The number of rotatable bonds is 7. The first-order chi connectivity index (χ1) is 9.69. The van der Waals surface area contributed by atoms with Crippen molar-refractivity contribution in [1.82, 2.24) is 4.72 Å². The van der Waals surface area contributed by atoms with Crippen LogP contribution in [0.2, 0.25) is 5.02 Å². The number of aromatic carboxylic acids is 1. The third-order valence-corrected chi connectivity index (χ3v) is 4.03. The van der Waals surface area contributed by atoms with Crippen LogP contribution in [0.1, 0.15) is 10.4 Å². The van der Waals surface area contributed by atoms with Gasteiger partial charge in [0, 0.05) is 18.7 Å². The van der Waals surface area contributed by atoms with Gasteiger partial charge in [-0.25, -0.2) is 22.3 Å². The van der Waals surface area contributed by atoms with Crippen LogP contribution in [-0.4, -0.2) is 51.0 Å². The summed E-state index contributed by atoms with van der Waals surface area (Å²) in [6, 6.07) is 1.59. The van der Waals surface area contributed by atoms with Crippen molar-refractivity contribution in [2.45, 2.75) is 11.0 Å². The van der Waals surface area contributed by atoms with Crippen LogP contribution in [0.5, 0.6) is 0 Å². The van der Waals surface area contributed by atoms with E-state index in [2.05, 4.69) is 4.74 Å². The molecule has 1 aromatic carbocycles. The lowest BCUT2D eigenvalue weighted by Gasteiger charge is -2.12. The van der Waals surface area contributed by atoms with Crippen LogP contribution in [-0.2, 0) is 14.8 Å². The van der Waals surface area contributed by atoms with Crippen LogP contribution in [0.4, 0.5) is 4.39 Å². The Morgan fingerprint density at radius 3 is 2.67 bits per heavy atom. The van der Waals surface area contributed by atoms with Crippen molar-refractivity contribution in [2.75, 3.05) is 20.3 Å². The first-order valence-corrected chi connectivity index (χ1v) is 7.44. The van der Waals surface area contributed by atoms with Crippen LogP contribution in [0.15, 0.2) is 17.0 Å². The zero-order valence-corrected chi connectivity index (χ0v) is 12.4. The standard InChI is InChI=1S/C11H13ClFNO6S/c1-20-5-7(15)4-14-21(18,19)9-3-6(12)2-8(10(9)13)11(16)17/h2-3,7,14-15H,4-5H2,1H3,(H,16,17). The van der Waals surface area contributed by atoms with Crippen molar-refractivity contribution in [3.63, 3.8) is 0 Å². The summed E-state index contributed by atoms with van der Waals surface area (Å²) in [6.07, 6.45) is -1.13. The molecule has 1 aromatic rings. The van der Waals surface area contributed by atoms with Crippen LogP contribution >= 0.6 is 11.6 Å². The van der Waals surface area contributed by atoms with Gasteiger partial charge in [-0.3, -0.25) is 0 Å². The Morgan fingerprint density at radius 1 is 1.52 bits per heavy atom. The molecule has 1 rings (SSSR count). The summed E-state index contributed by atoms with van der Waals surface area (Å²) in [7, 11) is -3.06. The number of hydrogen-bond donors (Lipinski definition) is 3. The van der Waals surface area contributed by atoms with Crippen molar-refractivity contribution in [1.29, 1.82) is 0 Å². The van der Waals surface area contributed by atoms with Crippen LogP contribution in [0.25, 0.3) is 0 Å². The maximum absolute atomic E-state index is 13.9. The van der Waals surface area contributed by atoms with Gasteiger partial charge in [0.15, 0.2) is 5.82 Å². The molecule has 1 atom stereocenters. The molecule has 0 heterocycles. The molecule has 0 aliphatic rings. The third-order valence-electron chi connectivity index (χ3n) is 2.39. The summed E-state index contributed by atoms with van der Waals surface area (Å²) >= 11 is 5.59. The highest BCUT2D eigenvalue weighted by atomic mass is 35.5. The van der Waals surface area contributed by atoms with Crippen molar-refractivity contribution < 1.29 is 32.6 Å². The second-order valence-corrected chi connectivity index (χ2v) is 6.20. The van der Waals surface area contributed by atoms with E-state index in [0.717, 1.165) is 12.1 Å². The molecule has 21 heavy (non-hydrogen) atoms. The first kappa shape index (κ1) is 17.8. The highest BCUT2D eigenvalue weighted by molar-refractivity contribution is 7.89. The van der Waals surface area contributed by atoms with Gasteiger partial charge < -0.3 is 14.9 Å². The molecule has 7 nitrogen and oxygen atoms in total. The number of carboxylic acids is 1. The number of carboxylic acid groups (broad SMARTS) is 1. The van der Waals surface area contributed by atoms with E-state index in [-0.39, 0.29) is 11.6 Å². The molecule has 0 spiro atoms. The lowest BCUT2D eigenvalue weighted by Crippen LogP contribution is -2.35. The van der Waals surface area contributed by atoms with E-state index < -0.39 is 44.9 Å². The van der Waals surface area contributed by atoms with Gasteiger partial charge in [0.2, 0.25) is 10.0 Å². The van der Waals surface area contributed by atoms with Gasteiger partial charge >= 0.3 is 5.97 Å². The molecule has 0 fully saturated rings. The molecule has 0 radical (unpaired) electrons. The largest absolute Gasteiger partial charge is 0.478 e. The second kappa shape index (κ2) is 7.14. The number of halogens is 2. The van der Waals surface area contributed by atoms with Crippen molar-refractivity contribution in [3.8, 4) is 0 Å². The fraction of sp³-hybridized carbons (Fsp3) is 0.364. The number of ether oxygens (including phenoxy) is 1. The van der Waals surface area contributed by atoms with Gasteiger partial charge in [-0.15, -0.1) is 0 Å². The van der Waals surface area contributed by atoms with E-state index in [4.69, 9.17) is 16.7 Å². The Balaban J connectivity index is 3.11. The Hall–Kier alpha value is -1.26. The number of nitrogens with one attached hydrogen (secondary N) is 1. The lowest BCUT2D eigenvalue weighted by atomic mass is 10.2. The quantitative estimate of drug-likeness (QED) is 0.664. The maximum atomic E-state index is 13.9. The molecule has 118 valence electrons. The molecule has 0 amide bonds. The Bertz CT molecular complexity index is 636. The number of benzene rings is 1. The normalized spacial score (nSPS) is 13.1. The van der Waals surface area contributed by atoms with Crippen LogP contribution < -0.4 is 4.72 Å². The molecule has 0 aliphatic heterocycles. The van der Waals surface area contributed by atoms with E-state index in [1.165, 1.54) is 7.11 Å². The van der Waals surface area contributed by atoms with E-state index in [1.54, 1.807) is 0 Å². The predicted octanol–water partition coefficient (Wildman–Crippen LogP) is 0.463. The van der Waals surface area contributed by atoms with Gasteiger partial charge in [-0.05, 0) is 12.1 Å². The predicted molar refractivity (Wildman–Crippen MR) is 71.4 cm³/mol. The number of sulfonamides is 1. The van der Waals surface area contributed by atoms with Gasteiger partial charge in [0.05, 0.1) is 18.3 Å².